The lowest BCUT2D eigenvalue weighted by Crippen LogP contribution is -2.00. The topological polar surface area (TPSA) is 70.4 Å². The summed E-state index contributed by atoms with van der Waals surface area (Å²) in [5.74, 6) is 0.267. The number of pyridine rings is 1. The van der Waals surface area contributed by atoms with E-state index in [9.17, 15) is 15.0 Å². The van der Waals surface area contributed by atoms with Gasteiger partial charge in [0, 0.05) is 16.7 Å². The molecule has 0 radical (unpaired) electrons. The quantitative estimate of drug-likeness (QED) is 0.460. The molecule has 1 aliphatic rings. The molecule has 1 heterocycles. The first-order chi connectivity index (χ1) is 13.6. The molecule has 5 rings (SSSR count). The molecule has 1 aliphatic carbocycles. The van der Waals surface area contributed by atoms with E-state index < -0.39 is 0 Å². The summed E-state index contributed by atoms with van der Waals surface area (Å²) in [6.45, 7) is 0. The van der Waals surface area contributed by atoms with E-state index in [1.165, 1.54) is 0 Å². The second kappa shape index (κ2) is 6.06. The van der Waals surface area contributed by atoms with Gasteiger partial charge in [-0.05, 0) is 41.5 Å². The maximum atomic E-state index is 13.1. The average Bonchev–Trinajstić information content (AvgIpc) is 3.01. The number of hydrogen-bond acceptors (Lipinski definition) is 4. The molecule has 4 heteroatoms. The van der Waals surface area contributed by atoms with Crippen molar-refractivity contribution in [3.05, 3.63) is 90.0 Å². The van der Waals surface area contributed by atoms with E-state index in [0.29, 0.717) is 22.5 Å². The molecule has 0 fully saturated rings. The van der Waals surface area contributed by atoms with Crippen molar-refractivity contribution in [3.8, 4) is 45.1 Å². The Bertz CT molecular complexity index is 1240. The summed E-state index contributed by atoms with van der Waals surface area (Å²) in [5.41, 5.74) is 5.66. The first kappa shape index (κ1) is 16.3. The number of hydrogen-bond donors (Lipinski definition) is 2. The molecule has 0 amide bonds. The van der Waals surface area contributed by atoms with Gasteiger partial charge in [-0.25, -0.2) is 4.98 Å². The molecular weight excluding hydrogens is 350 g/mol. The molecular formula is C24H15NO3. The van der Waals surface area contributed by atoms with Gasteiger partial charge in [-0.15, -0.1) is 0 Å². The number of phenolic OH excluding ortho intramolecular Hbond substituents is 2. The number of ketones is 1. The Morgan fingerprint density at radius 3 is 2.14 bits per heavy atom. The molecule has 28 heavy (non-hydrogen) atoms. The zero-order chi connectivity index (χ0) is 19.3. The number of rotatable bonds is 2. The van der Waals surface area contributed by atoms with E-state index in [4.69, 9.17) is 4.98 Å². The predicted molar refractivity (Wildman–Crippen MR) is 107 cm³/mol. The van der Waals surface area contributed by atoms with Crippen LogP contribution in [0.5, 0.6) is 11.5 Å². The molecule has 2 N–H and O–H groups in total. The van der Waals surface area contributed by atoms with Gasteiger partial charge in [-0.3, -0.25) is 4.79 Å². The molecule has 0 saturated heterocycles. The highest BCUT2D eigenvalue weighted by atomic mass is 16.3. The highest BCUT2D eigenvalue weighted by Gasteiger charge is 2.31. The van der Waals surface area contributed by atoms with Crippen LogP contribution in [0.15, 0.2) is 78.9 Å². The minimum absolute atomic E-state index is 0.0522. The van der Waals surface area contributed by atoms with Crippen LogP contribution in [-0.2, 0) is 0 Å². The van der Waals surface area contributed by atoms with E-state index in [2.05, 4.69) is 0 Å². The monoisotopic (exact) mass is 365 g/mol. The van der Waals surface area contributed by atoms with E-state index >= 15 is 0 Å². The van der Waals surface area contributed by atoms with Crippen LogP contribution in [0.25, 0.3) is 33.6 Å². The normalized spacial score (nSPS) is 11.9. The van der Waals surface area contributed by atoms with E-state index in [0.717, 1.165) is 22.3 Å². The Morgan fingerprint density at radius 1 is 0.643 bits per heavy atom. The van der Waals surface area contributed by atoms with E-state index in [1.807, 2.05) is 36.4 Å². The number of aromatic nitrogens is 1. The summed E-state index contributed by atoms with van der Waals surface area (Å²) in [4.78, 5) is 17.9. The lowest BCUT2D eigenvalue weighted by atomic mass is 9.95. The van der Waals surface area contributed by atoms with Gasteiger partial charge in [-0.2, -0.15) is 0 Å². The minimum Gasteiger partial charge on any atom is -0.508 e. The van der Waals surface area contributed by atoms with Crippen LogP contribution in [0.1, 0.15) is 15.9 Å². The summed E-state index contributed by atoms with van der Waals surface area (Å²) >= 11 is 0. The maximum absolute atomic E-state index is 13.1. The SMILES string of the molecule is O=C1c2ccccc2-c2nc(-c3cccc(O)c3)cc(-c3ccc(O)cc3)c21. The molecule has 0 spiro atoms. The molecule has 0 unspecified atom stereocenters. The van der Waals surface area contributed by atoms with Crippen molar-refractivity contribution in [3.63, 3.8) is 0 Å². The molecule has 4 nitrogen and oxygen atoms in total. The fourth-order valence-electron chi connectivity index (χ4n) is 3.67. The molecule has 134 valence electrons. The van der Waals surface area contributed by atoms with Crippen LogP contribution in [0, 0.1) is 0 Å². The summed E-state index contributed by atoms with van der Waals surface area (Å²) in [6, 6.07) is 23.0. The smallest absolute Gasteiger partial charge is 0.196 e. The first-order valence-corrected chi connectivity index (χ1v) is 8.90. The Morgan fingerprint density at radius 2 is 1.39 bits per heavy atom. The Hall–Kier alpha value is -3.92. The second-order valence-corrected chi connectivity index (χ2v) is 6.75. The number of phenols is 2. The third-order valence-corrected chi connectivity index (χ3v) is 4.99. The molecule has 3 aromatic carbocycles. The van der Waals surface area contributed by atoms with Gasteiger partial charge in [0.15, 0.2) is 5.78 Å². The maximum Gasteiger partial charge on any atom is 0.196 e. The van der Waals surface area contributed by atoms with Crippen molar-refractivity contribution in [1.29, 1.82) is 0 Å². The van der Waals surface area contributed by atoms with Crippen LogP contribution in [-0.4, -0.2) is 21.0 Å². The predicted octanol–water partition coefficient (Wildman–Crippen LogP) is 5.04. The van der Waals surface area contributed by atoms with Crippen LogP contribution < -0.4 is 0 Å². The van der Waals surface area contributed by atoms with Gasteiger partial charge in [0.25, 0.3) is 0 Å². The Labute approximate surface area is 161 Å². The fourth-order valence-corrected chi connectivity index (χ4v) is 3.67. The van der Waals surface area contributed by atoms with Crippen LogP contribution >= 0.6 is 0 Å². The summed E-state index contributed by atoms with van der Waals surface area (Å²) in [7, 11) is 0. The largest absolute Gasteiger partial charge is 0.508 e. The summed E-state index contributed by atoms with van der Waals surface area (Å²) < 4.78 is 0. The zero-order valence-corrected chi connectivity index (χ0v) is 14.8. The number of fused-ring (bicyclic) bond motifs is 3. The third kappa shape index (κ3) is 2.47. The van der Waals surface area contributed by atoms with Crippen molar-refractivity contribution in [1.82, 2.24) is 4.98 Å². The van der Waals surface area contributed by atoms with Crippen LogP contribution in [0.4, 0.5) is 0 Å². The van der Waals surface area contributed by atoms with Gasteiger partial charge in [0.2, 0.25) is 0 Å². The van der Waals surface area contributed by atoms with Crippen molar-refractivity contribution >= 4 is 5.78 Å². The number of nitrogens with zero attached hydrogens (tertiary/aromatic N) is 1. The highest BCUT2D eigenvalue weighted by molar-refractivity contribution is 6.24. The van der Waals surface area contributed by atoms with Gasteiger partial charge >= 0.3 is 0 Å². The highest BCUT2D eigenvalue weighted by Crippen LogP contribution is 2.42. The van der Waals surface area contributed by atoms with Crippen molar-refractivity contribution < 1.29 is 15.0 Å². The van der Waals surface area contributed by atoms with Crippen molar-refractivity contribution in [2.24, 2.45) is 0 Å². The number of benzene rings is 3. The standard InChI is InChI=1S/C24H15NO3/c26-16-10-8-14(9-11-16)20-13-21(15-4-3-5-17(27)12-15)25-23-18-6-1-2-7-19(18)24(28)22(20)23/h1-13,26-27H. The van der Waals surface area contributed by atoms with Gasteiger partial charge in [0.05, 0.1) is 17.0 Å². The minimum atomic E-state index is -0.0522. The number of aromatic hydroxyl groups is 2. The Balaban J connectivity index is 1.83. The second-order valence-electron chi connectivity index (χ2n) is 6.75. The molecule has 4 aromatic rings. The van der Waals surface area contributed by atoms with Gasteiger partial charge in [0.1, 0.15) is 11.5 Å². The van der Waals surface area contributed by atoms with Gasteiger partial charge < -0.3 is 10.2 Å². The van der Waals surface area contributed by atoms with Crippen LogP contribution in [0.3, 0.4) is 0 Å². The lowest BCUT2D eigenvalue weighted by molar-refractivity contribution is 0.104. The number of carbonyl (C=O) groups is 1. The van der Waals surface area contributed by atoms with Crippen molar-refractivity contribution in [2.75, 3.05) is 0 Å². The molecule has 0 atom stereocenters. The van der Waals surface area contributed by atoms with Crippen LogP contribution in [0.2, 0.25) is 0 Å². The average molecular weight is 365 g/mol. The van der Waals surface area contributed by atoms with Crippen molar-refractivity contribution in [2.45, 2.75) is 0 Å². The van der Waals surface area contributed by atoms with E-state index in [-0.39, 0.29) is 17.3 Å². The lowest BCUT2D eigenvalue weighted by Gasteiger charge is -2.12. The first-order valence-electron chi connectivity index (χ1n) is 8.90. The molecule has 1 aromatic heterocycles. The summed E-state index contributed by atoms with van der Waals surface area (Å²) in [5, 5.41) is 19.5. The van der Waals surface area contributed by atoms with Gasteiger partial charge in [-0.1, -0.05) is 48.5 Å². The summed E-state index contributed by atoms with van der Waals surface area (Å²) in [6.07, 6.45) is 0. The fraction of sp³-hybridized carbons (Fsp3) is 0. The van der Waals surface area contributed by atoms with E-state index in [1.54, 1.807) is 42.5 Å². The molecule has 0 saturated carbocycles. The zero-order valence-electron chi connectivity index (χ0n) is 14.8. The number of carbonyl (C=O) groups excluding carboxylic acids is 1. The molecule has 0 aliphatic heterocycles. The molecule has 0 bridgehead atoms. The third-order valence-electron chi connectivity index (χ3n) is 4.99. The Kier molecular flexibility index (Phi) is 3.52.